The van der Waals surface area contributed by atoms with E-state index in [0.717, 1.165) is 0 Å². The second-order valence-electron chi connectivity index (χ2n) is 3.15. The van der Waals surface area contributed by atoms with Crippen molar-refractivity contribution in [3.05, 3.63) is 5.82 Å². The molecule has 6 nitrogen and oxygen atoms in total. The minimum Gasteiger partial charge on any atom is -0.231 e. The number of thiol groups is 1. The Bertz CT molecular complexity index is 336. The van der Waals surface area contributed by atoms with Gasteiger partial charge in [0.25, 0.3) is 0 Å². The summed E-state index contributed by atoms with van der Waals surface area (Å²) in [4.78, 5) is 1.42. The van der Waals surface area contributed by atoms with Crippen LogP contribution in [0.15, 0.2) is 0 Å². The fourth-order valence-corrected chi connectivity index (χ4v) is 1.22. The van der Waals surface area contributed by atoms with E-state index in [2.05, 4.69) is 15.4 Å². The molecule has 0 spiro atoms. The van der Waals surface area contributed by atoms with E-state index in [9.17, 15) is 8.42 Å². The summed E-state index contributed by atoms with van der Waals surface area (Å²) < 4.78 is 20.6. The summed E-state index contributed by atoms with van der Waals surface area (Å²) in [5.41, 5.74) is 0. The van der Waals surface area contributed by atoms with E-state index in [1.54, 1.807) is 0 Å². The number of tetrazole rings is 1. The van der Waals surface area contributed by atoms with Gasteiger partial charge in [-0.3, -0.25) is 0 Å². The van der Waals surface area contributed by atoms with Crippen LogP contribution in [-0.2, 0) is 23.0 Å². The summed E-state index contributed by atoms with van der Waals surface area (Å²) in [6.45, 7) is 4.71. The van der Waals surface area contributed by atoms with Gasteiger partial charge in [-0.25, -0.2) is 8.42 Å². The Labute approximate surface area is 77.9 Å². The zero-order valence-corrected chi connectivity index (χ0v) is 8.44. The number of hydrogen-bond acceptors (Lipinski definition) is 5. The van der Waals surface area contributed by atoms with Crippen LogP contribution in [-0.4, -0.2) is 28.6 Å². The summed E-state index contributed by atoms with van der Waals surface area (Å²) in [5, 5.41) is 11.2. The van der Waals surface area contributed by atoms with Crippen LogP contribution >= 0.6 is 0 Å². The maximum Gasteiger partial charge on any atom is 0.189 e. The van der Waals surface area contributed by atoms with Crippen molar-refractivity contribution in [2.75, 3.05) is 0 Å². The second-order valence-corrected chi connectivity index (χ2v) is 4.13. The Morgan fingerprint density at radius 3 is 2.69 bits per heavy atom. The normalized spacial score (nSPS) is 11.4. The molecule has 13 heavy (non-hydrogen) atoms. The molecule has 74 valence electrons. The van der Waals surface area contributed by atoms with Crippen LogP contribution in [0.25, 0.3) is 0 Å². The Morgan fingerprint density at radius 1 is 1.46 bits per heavy atom. The molecule has 0 bridgehead atoms. The highest BCUT2D eigenvalue weighted by Gasteiger charge is 2.04. The van der Waals surface area contributed by atoms with Crippen LogP contribution < -0.4 is 0 Å². The van der Waals surface area contributed by atoms with E-state index in [1.807, 2.05) is 13.8 Å². The van der Waals surface area contributed by atoms with E-state index in [4.69, 9.17) is 0 Å². The van der Waals surface area contributed by atoms with E-state index in [-0.39, 0.29) is 11.6 Å². The van der Waals surface area contributed by atoms with Crippen molar-refractivity contribution < 1.29 is 8.42 Å². The SMILES string of the molecule is CC(C)Cn1nnc(C[SH](=O)=O)n1. The maximum atomic E-state index is 10.3. The summed E-state index contributed by atoms with van der Waals surface area (Å²) >= 11 is 0. The van der Waals surface area contributed by atoms with E-state index in [0.29, 0.717) is 12.5 Å². The van der Waals surface area contributed by atoms with Gasteiger partial charge in [-0.1, -0.05) is 13.8 Å². The van der Waals surface area contributed by atoms with Gasteiger partial charge in [0, 0.05) is 0 Å². The van der Waals surface area contributed by atoms with Gasteiger partial charge in [0.15, 0.2) is 5.82 Å². The summed E-state index contributed by atoms with van der Waals surface area (Å²) in [5.74, 6) is 0.549. The van der Waals surface area contributed by atoms with Crippen molar-refractivity contribution >= 4 is 10.7 Å². The molecule has 0 aromatic carbocycles. The average Bonchev–Trinajstić information content (AvgIpc) is 2.33. The standard InChI is InChI=1S/C6H12N4O2S/c1-5(2)3-10-8-6(7-9-10)4-13(11)12/h5,13H,3-4H2,1-2H3. The van der Waals surface area contributed by atoms with Gasteiger partial charge in [0.1, 0.15) is 16.5 Å². The van der Waals surface area contributed by atoms with Crippen molar-refractivity contribution in [2.24, 2.45) is 5.92 Å². The largest absolute Gasteiger partial charge is 0.231 e. The summed E-state index contributed by atoms with van der Waals surface area (Å²) in [7, 11) is -2.46. The second kappa shape index (κ2) is 4.31. The molecule has 0 unspecified atom stereocenters. The van der Waals surface area contributed by atoms with E-state index < -0.39 is 10.7 Å². The Balaban J connectivity index is 2.63. The Morgan fingerprint density at radius 2 is 2.15 bits per heavy atom. The fourth-order valence-electron chi connectivity index (χ4n) is 0.859. The van der Waals surface area contributed by atoms with Gasteiger partial charge in [0.05, 0.1) is 6.54 Å². The van der Waals surface area contributed by atoms with Crippen molar-refractivity contribution in [3.8, 4) is 0 Å². The number of aromatic nitrogens is 4. The van der Waals surface area contributed by atoms with Crippen LogP contribution in [0.4, 0.5) is 0 Å². The highest BCUT2D eigenvalue weighted by atomic mass is 32.2. The highest BCUT2D eigenvalue weighted by Crippen LogP contribution is 1.95. The molecule has 0 amide bonds. The van der Waals surface area contributed by atoms with Crippen molar-refractivity contribution in [2.45, 2.75) is 26.1 Å². The molecule has 1 aromatic heterocycles. The number of rotatable bonds is 4. The number of nitrogens with zero attached hydrogens (tertiary/aromatic N) is 4. The monoisotopic (exact) mass is 204 g/mol. The quantitative estimate of drug-likeness (QED) is 0.665. The van der Waals surface area contributed by atoms with Gasteiger partial charge in [0.2, 0.25) is 0 Å². The Kier molecular flexibility index (Phi) is 3.35. The van der Waals surface area contributed by atoms with Gasteiger partial charge < -0.3 is 0 Å². The molecule has 7 heteroatoms. The lowest BCUT2D eigenvalue weighted by atomic mass is 10.2. The van der Waals surface area contributed by atoms with Crippen LogP contribution in [0.5, 0.6) is 0 Å². The van der Waals surface area contributed by atoms with Crippen molar-refractivity contribution in [1.29, 1.82) is 0 Å². The molecule has 0 N–H and O–H groups in total. The Hall–Kier alpha value is -0.980. The minimum absolute atomic E-state index is 0.132. The van der Waals surface area contributed by atoms with Crippen LogP contribution in [0.2, 0.25) is 0 Å². The minimum atomic E-state index is -2.46. The van der Waals surface area contributed by atoms with Gasteiger partial charge in [-0.2, -0.15) is 4.80 Å². The first-order valence-electron chi connectivity index (χ1n) is 3.96. The third-order valence-electron chi connectivity index (χ3n) is 1.29. The molecule has 0 aliphatic heterocycles. The first kappa shape index (κ1) is 10.1. The molecule has 1 rings (SSSR count). The molecule has 0 saturated heterocycles. The van der Waals surface area contributed by atoms with Crippen LogP contribution in [0.3, 0.4) is 0 Å². The van der Waals surface area contributed by atoms with E-state index in [1.165, 1.54) is 4.80 Å². The topological polar surface area (TPSA) is 77.7 Å². The number of hydrogen-bond donors (Lipinski definition) is 1. The molecule has 0 radical (unpaired) electrons. The summed E-state index contributed by atoms with van der Waals surface area (Å²) in [6, 6.07) is 0. The third-order valence-corrected chi connectivity index (χ3v) is 1.83. The third kappa shape index (κ3) is 3.49. The molecule has 0 aliphatic carbocycles. The fraction of sp³-hybridized carbons (Fsp3) is 0.833. The van der Waals surface area contributed by atoms with Gasteiger partial charge in [-0.15, -0.1) is 10.2 Å². The predicted molar refractivity (Wildman–Crippen MR) is 46.7 cm³/mol. The van der Waals surface area contributed by atoms with Crippen LogP contribution in [0.1, 0.15) is 19.7 Å². The van der Waals surface area contributed by atoms with Gasteiger partial charge >= 0.3 is 0 Å². The first-order chi connectivity index (χ1) is 6.08. The molecule has 1 aromatic rings. The average molecular weight is 204 g/mol. The predicted octanol–water partition coefficient (Wildman–Crippen LogP) is -0.560. The zero-order valence-electron chi connectivity index (χ0n) is 7.54. The lowest BCUT2D eigenvalue weighted by molar-refractivity contribution is 0.428. The molecule has 0 atom stereocenters. The van der Waals surface area contributed by atoms with Crippen molar-refractivity contribution in [1.82, 2.24) is 20.2 Å². The smallest absolute Gasteiger partial charge is 0.189 e. The van der Waals surface area contributed by atoms with Gasteiger partial charge in [-0.05, 0) is 11.1 Å². The molecule has 0 saturated carbocycles. The lowest BCUT2D eigenvalue weighted by Crippen LogP contribution is -2.08. The first-order valence-corrected chi connectivity index (χ1v) is 5.32. The molecular formula is C6H12N4O2S. The highest BCUT2D eigenvalue weighted by molar-refractivity contribution is 7.71. The molecule has 0 aliphatic rings. The molecule has 0 fully saturated rings. The molecular weight excluding hydrogens is 192 g/mol. The zero-order chi connectivity index (χ0) is 9.84. The van der Waals surface area contributed by atoms with E-state index >= 15 is 0 Å². The van der Waals surface area contributed by atoms with Crippen LogP contribution in [0, 0.1) is 5.92 Å². The molecule has 1 heterocycles. The lowest BCUT2D eigenvalue weighted by Gasteiger charge is -1.99. The summed E-state index contributed by atoms with van der Waals surface area (Å²) in [6.07, 6.45) is 0. The maximum absolute atomic E-state index is 10.3. The van der Waals surface area contributed by atoms with Crippen molar-refractivity contribution in [3.63, 3.8) is 0 Å².